The first kappa shape index (κ1) is 48.6. The summed E-state index contributed by atoms with van der Waals surface area (Å²) >= 11 is -3.29. The number of nitrogens with zero attached hydrogens (tertiary/aromatic N) is 2. The van der Waals surface area contributed by atoms with Gasteiger partial charge in [-0.25, -0.2) is 0 Å². The Labute approximate surface area is 360 Å². The summed E-state index contributed by atoms with van der Waals surface area (Å²) in [5, 5.41) is 0. The van der Waals surface area contributed by atoms with E-state index in [1.165, 1.54) is 32.8 Å². The Morgan fingerprint density at radius 1 is 0.576 bits per heavy atom. The number of carbonyl (C=O) groups is 7. The number of amides is 4. The molecular weight excluding hydrogens is 965 g/mol. The van der Waals surface area contributed by atoms with Crippen molar-refractivity contribution in [1.29, 1.82) is 0 Å². The number of hydrogen-bond donors (Lipinski definition) is 0. The number of benzene rings is 2. The van der Waals surface area contributed by atoms with Crippen LogP contribution in [0.25, 0.3) is 0 Å². The zero-order valence-electron chi connectivity index (χ0n) is 33.5. The molecule has 0 N–H and O–H groups in total. The number of carbonyl (C=O) groups excluding carboxylic acids is 7. The second kappa shape index (κ2) is 20.7. The molecule has 0 aromatic heterocycles. The van der Waals surface area contributed by atoms with Gasteiger partial charge in [-0.05, 0) is 47.9 Å². The zero-order chi connectivity index (χ0) is 44.1. The van der Waals surface area contributed by atoms with Gasteiger partial charge < -0.3 is 28.4 Å². The van der Waals surface area contributed by atoms with Crippen LogP contribution in [0.15, 0.2) is 48.5 Å². The molecule has 0 spiro atoms. The summed E-state index contributed by atoms with van der Waals surface area (Å²) in [4.78, 5) is 87.8. The average molecular weight is 1010 g/mol. The third kappa shape index (κ3) is 11.7. The molecule has 59 heavy (non-hydrogen) atoms. The Morgan fingerprint density at radius 3 is 1.17 bits per heavy atom. The van der Waals surface area contributed by atoms with Gasteiger partial charge in [-0.15, -0.1) is 0 Å². The molecule has 4 heterocycles. The number of halogens is 4. The molecule has 4 aliphatic heterocycles. The van der Waals surface area contributed by atoms with E-state index in [1.54, 1.807) is 48.5 Å². The van der Waals surface area contributed by atoms with Crippen LogP contribution in [0.1, 0.15) is 89.9 Å². The van der Waals surface area contributed by atoms with Crippen molar-refractivity contribution in [2.24, 2.45) is 23.7 Å². The van der Waals surface area contributed by atoms with E-state index in [1.807, 2.05) is 27.7 Å². The van der Waals surface area contributed by atoms with Crippen molar-refractivity contribution in [2.75, 3.05) is 20.3 Å². The first-order chi connectivity index (χ1) is 27.6. The zero-order valence-corrected chi connectivity index (χ0v) is 39.4. The Kier molecular flexibility index (Phi) is 17.1. The van der Waals surface area contributed by atoms with Crippen LogP contribution in [-0.2, 0) is 42.8 Å². The Morgan fingerprint density at radius 2 is 0.881 bits per heavy atom. The molecule has 0 saturated carbocycles. The first-order valence-electron chi connectivity index (χ1n) is 18.6. The maximum atomic E-state index is 12.9. The third-order valence-corrected chi connectivity index (χ3v) is 10.7. The van der Waals surface area contributed by atoms with Gasteiger partial charge in [0.05, 0.1) is 40.5 Å². The van der Waals surface area contributed by atoms with Crippen LogP contribution < -0.4 is 0 Å². The van der Waals surface area contributed by atoms with Crippen molar-refractivity contribution >= 4 is 91.1 Å². The predicted octanol–water partition coefficient (Wildman–Crippen LogP) is 6.01. The first-order valence-corrected chi connectivity index (χ1v) is 33.0. The summed E-state index contributed by atoms with van der Waals surface area (Å²) in [6.07, 6.45) is -2.84. The minimum absolute atomic E-state index is 0.00650. The van der Waals surface area contributed by atoms with Gasteiger partial charge in [0.25, 0.3) is 23.6 Å². The molecule has 2 saturated heterocycles. The fraction of sp³-hybridized carbons (Fsp3) is 0.513. The molecule has 10 atom stereocenters. The van der Waals surface area contributed by atoms with E-state index in [9.17, 15) is 33.6 Å². The molecule has 6 rings (SSSR count). The van der Waals surface area contributed by atoms with E-state index in [4.69, 9.17) is 64.1 Å². The Balaban J connectivity index is 0.000000234. The molecule has 2 aromatic rings. The average Bonchev–Trinajstić information content (AvgIpc) is 3.56. The summed E-state index contributed by atoms with van der Waals surface area (Å²) in [6, 6.07) is 12.0. The summed E-state index contributed by atoms with van der Waals surface area (Å²) in [7, 11) is 21.6. The van der Waals surface area contributed by atoms with Gasteiger partial charge >= 0.3 is 67.5 Å². The number of rotatable bonds is 8. The standard InChI is InChI=1S/C20H23NO7.C19H23NO6.4ClH.Sn/c1-10-11(2)17(20(27-13(4)23)28-16(10)9-26-12(3)22)21-18(24)14-7-5-6-8-15(14)19(21)25;1-10-11(2)16(19(24-4)26-15(10)9-25-12(3)21)20-17(22)13-7-5-6-8-14(13)18(20)23;;;;;/h5-8,10-11,16-17,20H,9H2,1-4H3;5-8,10-11,15-16,19H,9H2,1-4H3;4*1H;/q;;;;;;+4/p-4. The van der Waals surface area contributed by atoms with Crippen molar-refractivity contribution in [3.05, 3.63) is 70.8 Å². The van der Waals surface area contributed by atoms with Gasteiger partial charge in [-0.2, -0.15) is 0 Å². The topological polar surface area (TPSA) is 181 Å². The van der Waals surface area contributed by atoms with Gasteiger partial charge in [0.2, 0.25) is 6.29 Å². The van der Waals surface area contributed by atoms with E-state index in [-0.39, 0.29) is 60.8 Å². The molecule has 10 unspecified atom stereocenters. The van der Waals surface area contributed by atoms with Crippen molar-refractivity contribution in [3.63, 3.8) is 0 Å². The van der Waals surface area contributed by atoms with E-state index < -0.39 is 68.4 Å². The van der Waals surface area contributed by atoms with Gasteiger partial charge in [-0.1, -0.05) is 52.0 Å². The van der Waals surface area contributed by atoms with E-state index >= 15 is 0 Å². The summed E-state index contributed by atoms with van der Waals surface area (Å²) in [6.45, 7) is 11.6. The van der Waals surface area contributed by atoms with Gasteiger partial charge in [0.15, 0.2) is 6.29 Å². The second-order valence-corrected chi connectivity index (χ2v) is 39.9. The number of esters is 3. The second-order valence-electron chi connectivity index (χ2n) is 14.4. The Bertz CT molecular complexity index is 1850. The fourth-order valence-electron chi connectivity index (χ4n) is 7.46. The summed E-state index contributed by atoms with van der Waals surface area (Å²) in [5.41, 5.74) is 1.43. The molecular formula is C39H46Cl4N2O13Sn. The van der Waals surface area contributed by atoms with Crippen LogP contribution in [-0.4, -0.2) is 122 Å². The number of methoxy groups -OCH3 is 1. The molecule has 0 bridgehead atoms. The summed E-state index contributed by atoms with van der Waals surface area (Å²) < 4.78 is 32.7. The molecule has 0 radical (unpaired) electrons. The van der Waals surface area contributed by atoms with Crippen LogP contribution in [0.5, 0.6) is 0 Å². The van der Waals surface area contributed by atoms with Crippen LogP contribution in [0.3, 0.4) is 0 Å². The van der Waals surface area contributed by atoms with Crippen LogP contribution in [0.4, 0.5) is 0 Å². The number of hydrogen-bond acceptors (Lipinski definition) is 13. The van der Waals surface area contributed by atoms with Gasteiger partial charge in [0, 0.05) is 27.9 Å². The monoisotopic (exact) mass is 1010 g/mol. The van der Waals surface area contributed by atoms with Crippen molar-refractivity contribution in [3.8, 4) is 0 Å². The summed E-state index contributed by atoms with van der Waals surface area (Å²) in [5.74, 6) is -3.56. The van der Waals surface area contributed by atoms with Crippen molar-refractivity contribution in [2.45, 2.75) is 85.3 Å². The van der Waals surface area contributed by atoms with Crippen LogP contribution in [0, 0.1) is 23.7 Å². The van der Waals surface area contributed by atoms with Crippen LogP contribution in [0.2, 0.25) is 0 Å². The Hall–Kier alpha value is -3.03. The molecule has 20 heteroatoms. The predicted molar refractivity (Wildman–Crippen MR) is 217 cm³/mol. The van der Waals surface area contributed by atoms with Crippen molar-refractivity contribution in [1.82, 2.24) is 9.80 Å². The minimum atomic E-state index is -3.29. The van der Waals surface area contributed by atoms with E-state index in [0.29, 0.717) is 22.3 Å². The molecule has 2 fully saturated rings. The normalized spacial score (nSPS) is 28.7. The number of imide groups is 2. The number of fused-ring (bicyclic) bond motifs is 2. The molecule has 2 aromatic carbocycles. The quantitative estimate of drug-likeness (QED) is 0.130. The van der Waals surface area contributed by atoms with Gasteiger partial charge in [0.1, 0.15) is 19.3 Å². The van der Waals surface area contributed by atoms with Crippen molar-refractivity contribution < 1.29 is 62.0 Å². The fourth-order valence-corrected chi connectivity index (χ4v) is 7.46. The van der Waals surface area contributed by atoms with E-state index in [0.717, 1.165) is 4.90 Å². The molecule has 322 valence electrons. The van der Waals surface area contributed by atoms with Gasteiger partial charge in [-0.3, -0.25) is 43.4 Å². The number of ether oxygens (including phenoxy) is 6. The molecule has 4 amide bonds. The molecule has 0 aliphatic carbocycles. The maximum absolute atomic E-state index is 12.9. The molecule has 4 aliphatic rings. The SMILES string of the molecule is CC(=O)OCC1OC(OC(C)=O)C(N2C(=O)c3ccccc3C2=O)C(C)C1C.COC1OC(COC(C)=O)C(C)C(C)C1N1C(=O)c2ccccc2C1=O.[Cl][Sn]([Cl])([Cl])[Cl]. The van der Waals surface area contributed by atoms with Crippen LogP contribution >= 0.6 is 35.7 Å². The third-order valence-electron chi connectivity index (χ3n) is 10.7. The van der Waals surface area contributed by atoms with E-state index in [2.05, 4.69) is 0 Å². The molecule has 15 nitrogen and oxygen atoms in total.